The van der Waals surface area contributed by atoms with Crippen LogP contribution in [0, 0.1) is 0 Å². The Morgan fingerprint density at radius 2 is 1.64 bits per heavy atom. The molecule has 45 heavy (non-hydrogen) atoms. The van der Waals surface area contributed by atoms with Gasteiger partial charge in [0.05, 0.1) is 0 Å². The van der Waals surface area contributed by atoms with Crippen LogP contribution in [0.2, 0.25) is 0 Å². The van der Waals surface area contributed by atoms with E-state index in [-0.39, 0.29) is 17.7 Å². The maximum atomic E-state index is 14.4. The van der Waals surface area contributed by atoms with E-state index in [0.29, 0.717) is 32.2 Å². The van der Waals surface area contributed by atoms with Crippen LogP contribution in [0.4, 0.5) is 0 Å². The molecule has 0 fully saturated rings. The number of nitrogens with zero attached hydrogens (tertiary/aromatic N) is 3. The van der Waals surface area contributed by atoms with Gasteiger partial charge >= 0.3 is 0 Å². The first-order valence-electron chi connectivity index (χ1n) is 15.2. The van der Waals surface area contributed by atoms with E-state index < -0.39 is 17.6 Å². The second-order valence-electron chi connectivity index (χ2n) is 12.1. The summed E-state index contributed by atoms with van der Waals surface area (Å²) in [5.74, 6) is -0.849. The van der Waals surface area contributed by atoms with E-state index in [1.165, 1.54) is 15.9 Å². The Balaban J connectivity index is 1.59. The van der Waals surface area contributed by atoms with Crippen molar-refractivity contribution in [2.24, 2.45) is 5.73 Å². The Labute approximate surface area is 269 Å². The summed E-state index contributed by atoms with van der Waals surface area (Å²) in [7, 11) is 3.29. The lowest BCUT2D eigenvalue weighted by atomic mass is 9.99. The van der Waals surface area contributed by atoms with Crippen molar-refractivity contribution in [3.05, 3.63) is 113 Å². The van der Waals surface area contributed by atoms with Gasteiger partial charge in [-0.2, -0.15) is 0 Å². The summed E-state index contributed by atoms with van der Waals surface area (Å²) in [6.45, 7) is 4.21. The quantitative estimate of drug-likeness (QED) is 0.196. The number of hydrogen-bond acceptors (Lipinski definition) is 6. The molecule has 2 aromatic carbocycles. The zero-order chi connectivity index (χ0) is 32.4. The number of nitrogens with one attached hydrogen (secondary N) is 1. The number of fused-ring (bicyclic) bond motifs is 1. The van der Waals surface area contributed by atoms with Gasteiger partial charge < -0.3 is 20.9 Å². The lowest BCUT2D eigenvalue weighted by Crippen LogP contribution is -2.56. The van der Waals surface area contributed by atoms with Crippen molar-refractivity contribution >= 4 is 39.8 Å². The number of likely N-dealkylation sites (N-methyl/N-ethyl adjacent to an activating group) is 2. The molecule has 0 spiro atoms. The van der Waals surface area contributed by atoms with Gasteiger partial charge in [0, 0.05) is 56.3 Å². The highest BCUT2D eigenvalue weighted by molar-refractivity contribution is 7.09. The monoisotopic (exact) mass is 625 g/mol. The summed E-state index contributed by atoms with van der Waals surface area (Å²) in [4.78, 5) is 49.4. The molecule has 4 rings (SSSR count). The number of aromatic nitrogens is 1. The van der Waals surface area contributed by atoms with E-state index in [0.717, 1.165) is 26.8 Å². The van der Waals surface area contributed by atoms with Gasteiger partial charge in [0.25, 0.3) is 0 Å². The third-order valence-electron chi connectivity index (χ3n) is 7.80. The molecule has 0 aliphatic carbocycles. The largest absolute Gasteiger partial charge is 0.354 e. The van der Waals surface area contributed by atoms with E-state index in [1.54, 1.807) is 43.9 Å². The highest BCUT2D eigenvalue weighted by Crippen LogP contribution is 2.21. The fourth-order valence-electron chi connectivity index (χ4n) is 5.12. The van der Waals surface area contributed by atoms with Gasteiger partial charge in [0.15, 0.2) is 0 Å². The van der Waals surface area contributed by atoms with Crippen LogP contribution in [-0.2, 0) is 33.6 Å². The molecule has 0 radical (unpaired) electrons. The molecule has 2 atom stereocenters. The first-order chi connectivity index (χ1) is 21.5. The van der Waals surface area contributed by atoms with Crippen molar-refractivity contribution in [1.82, 2.24) is 20.1 Å². The molecule has 0 unspecified atom stereocenters. The number of benzene rings is 2. The minimum absolute atomic E-state index is 0.239. The zero-order valence-electron chi connectivity index (χ0n) is 26.5. The van der Waals surface area contributed by atoms with E-state index in [9.17, 15) is 14.4 Å². The molecule has 236 valence electrons. The normalized spacial score (nSPS) is 13.0. The lowest BCUT2D eigenvalue weighted by Gasteiger charge is -2.34. The van der Waals surface area contributed by atoms with Crippen molar-refractivity contribution < 1.29 is 14.4 Å². The van der Waals surface area contributed by atoms with Gasteiger partial charge in [0.1, 0.15) is 12.1 Å². The third-order valence-corrected chi connectivity index (χ3v) is 8.70. The van der Waals surface area contributed by atoms with Crippen LogP contribution in [-0.4, -0.2) is 70.8 Å². The average Bonchev–Trinajstić information content (AvgIpc) is 3.54. The van der Waals surface area contributed by atoms with E-state index in [4.69, 9.17) is 5.73 Å². The highest BCUT2D eigenvalue weighted by atomic mass is 32.1. The minimum atomic E-state index is -0.838. The SMILES string of the molecule is CN(C(=O)C=CCC(C)(C)N)[C@H](Cc1ccc2ccccc2c1)C(=O)N(C)[C@H](Cc1cccs1)C(=O)NCCc1ccncc1. The molecule has 0 bridgehead atoms. The molecule has 0 aliphatic rings. The van der Waals surface area contributed by atoms with Crippen molar-refractivity contribution in [3.8, 4) is 0 Å². The van der Waals surface area contributed by atoms with Crippen LogP contribution >= 0.6 is 11.3 Å². The number of amides is 3. The molecular weight excluding hydrogens is 582 g/mol. The van der Waals surface area contributed by atoms with Crippen LogP contribution in [0.5, 0.6) is 0 Å². The number of carbonyl (C=O) groups excluding carboxylic acids is 3. The Morgan fingerprint density at radius 1 is 0.911 bits per heavy atom. The minimum Gasteiger partial charge on any atom is -0.354 e. The molecule has 2 heterocycles. The molecule has 9 heteroatoms. The standard InChI is InChI=1S/C36H43N5O3S/c1-36(2,37)18-7-12-33(42)40(3)32(24-27-13-14-28-9-5-6-10-29(28)23-27)35(44)41(4)31(25-30-11-8-22-45-30)34(43)39-21-17-26-15-19-38-20-16-26/h5-16,19-20,22-23,31-32H,17-18,21,24-25,37H2,1-4H3,(H,39,43)/t31-,32-/m1/s1. The van der Waals surface area contributed by atoms with Crippen LogP contribution in [0.25, 0.3) is 10.8 Å². The molecule has 2 aromatic heterocycles. The molecule has 4 aromatic rings. The smallest absolute Gasteiger partial charge is 0.246 e. The zero-order valence-corrected chi connectivity index (χ0v) is 27.3. The summed E-state index contributed by atoms with van der Waals surface area (Å²) in [6.07, 6.45) is 8.49. The fraction of sp³-hybridized carbons (Fsp3) is 0.333. The first-order valence-corrected chi connectivity index (χ1v) is 16.1. The fourth-order valence-corrected chi connectivity index (χ4v) is 5.87. The third kappa shape index (κ3) is 9.83. The Hall–Kier alpha value is -4.34. The molecular formula is C36H43N5O3S. The molecule has 0 saturated heterocycles. The topological polar surface area (TPSA) is 109 Å². The van der Waals surface area contributed by atoms with E-state index >= 15 is 0 Å². The van der Waals surface area contributed by atoms with Crippen molar-refractivity contribution in [2.75, 3.05) is 20.6 Å². The Kier molecular flexibility index (Phi) is 11.6. The van der Waals surface area contributed by atoms with Gasteiger partial charge in [0.2, 0.25) is 17.7 Å². The highest BCUT2D eigenvalue weighted by Gasteiger charge is 2.35. The maximum Gasteiger partial charge on any atom is 0.246 e. The number of rotatable bonds is 14. The molecule has 0 saturated carbocycles. The number of nitrogens with two attached hydrogens (primary N) is 1. The Morgan fingerprint density at radius 3 is 2.33 bits per heavy atom. The number of pyridine rings is 1. The number of carbonyl (C=O) groups is 3. The van der Waals surface area contributed by atoms with Gasteiger partial charge in [-0.05, 0) is 78.2 Å². The second-order valence-corrected chi connectivity index (χ2v) is 13.1. The summed E-state index contributed by atoms with van der Waals surface area (Å²) >= 11 is 1.54. The van der Waals surface area contributed by atoms with Gasteiger partial charge in [-0.1, -0.05) is 54.6 Å². The van der Waals surface area contributed by atoms with Crippen molar-refractivity contribution in [3.63, 3.8) is 0 Å². The Bertz CT molecular complexity index is 1600. The molecule has 3 N–H and O–H groups in total. The molecule has 3 amide bonds. The molecule has 8 nitrogen and oxygen atoms in total. The van der Waals surface area contributed by atoms with Crippen LogP contribution in [0.3, 0.4) is 0 Å². The second kappa shape index (κ2) is 15.6. The lowest BCUT2D eigenvalue weighted by molar-refractivity contribution is -0.146. The van der Waals surface area contributed by atoms with Gasteiger partial charge in [-0.15, -0.1) is 11.3 Å². The number of hydrogen-bond donors (Lipinski definition) is 2. The van der Waals surface area contributed by atoms with Crippen molar-refractivity contribution in [2.45, 2.75) is 57.2 Å². The predicted molar refractivity (Wildman–Crippen MR) is 182 cm³/mol. The van der Waals surface area contributed by atoms with E-state index in [1.807, 2.05) is 79.9 Å². The summed E-state index contributed by atoms with van der Waals surface area (Å²) in [5, 5.41) is 7.14. The number of thiophene rings is 1. The van der Waals surface area contributed by atoms with Crippen molar-refractivity contribution in [1.29, 1.82) is 0 Å². The summed E-state index contributed by atoms with van der Waals surface area (Å²) in [6, 6.07) is 20.2. The van der Waals surface area contributed by atoms with Gasteiger partial charge in [-0.25, -0.2) is 0 Å². The van der Waals surface area contributed by atoms with Crippen LogP contribution in [0.15, 0.2) is 96.7 Å². The summed E-state index contributed by atoms with van der Waals surface area (Å²) < 4.78 is 0. The predicted octanol–water partition coefficient (Wildman–Crippen LogP) is 4.78. The molecule has 0 aliphatic heterocycles. The van der Waals surface area contributed by atoms with Crippen LogP contribution in [0.1, 0.15) is 36.3 Å². The first kappa shape index (κ1) is 33.6. The average molecular weight is 626 g/mol. The van der Waals surface area contributed by atoms with Gasteiger partial charge in [-0.3, -0.25) is 19.4 Å². The summed E-state index contributed by atoms with van der Waals surface area (Å²) in [5.41, 5.74) is 7.62. The maximum absolute atomic E-state index is 14.4. The van der Waals surface area contributed by atoms with E-state index in [2.05, 4.69) is 16.4 Å². The van der Waals surface area contributed by atoms with Crippen LogP contribution < -0.4 is 11.1 Å².